The van der Waals surface area contributed by atoms with Gasteiger partial charge in [-0.25, -0.2) is 9.50 Å². The summed E-state index contributed by atoms with van der Waals surface area (Å²) in [7, 11) is 0. The summed E-state index contributed by atoms with van der Waals surface area (Å²) in [6.45, 7) is 2.74. The number of rotatable bonds is 3. The molecule has 1 aromatic carbocycles. The summed E-state index contributed by atoms with van der Waals surface area (Å²) in [6, 6.07) is 12.9. The number of fused-ring (bicyclic) bond motifs is 1. The molecule has 0 amide bonds. The standard InChI is InChI=1S/C18H17N5O2/c19-10-13-1-3-14(4-2-13)16-12-22(7-8-25-16)11-15-9-18(24)23-17(21-15)5-6-20-23/h1-6,9,16,20H,7-8,11-12H2. The summed E-state index contributed by atoms with van der Waals surface area (Å²) in [4.78, 5) is 18.8. The normalized spacial score (nSPS) is 18.3. The molecule has 1 unspecified atom stereocenters. The van der Waals surface area contributed by atoms with E-state index in [1.54, 1.807) is 30.5 Å². The summed E-state index contributed by atoms with van der Waals surface area (Å²) in [5.74, 6) is 0. The SMILES string of the molecule is N#Cc1ccc(C2CN(Cc3cc(=O)n4[nH]ccc4n3)CCO2)cc1. The lowest BCUT2D eigenvalue weighted by Gasteiger charge is -2.32. The summed E-state index contributed by atoms with van der Waals surface area (Å²) >= 11 is 0. The molecular weight excluding hydrogens is 318 g/mol. The monoisotopic (exact) mass is 335 g/mol. The first-order valence-corrected chi connectivity index (χ1v) is 8.13. The highest BCUT2D eigenvalue weighted by Gasteiger charge is 2.22. The summed E-state index contributed by atoms with van der Waals surface area (Å²) < 4.78 is 7.29. The van der Waals surface area contributed by atoms with Gasteiger partial charge in [0.25, 0.3) is 5.56 Å². The van der Waals surface area contributed by atoms with E-state index >= 15 is 0 Å². The number of nitrogens with one attached hydrogen (secondary N) is 1. The van der Waals surface area contributed by atoms with Gasteiger partial charge >= 0.3 is 0 Å². The zero-order valence-electron chi connectivity index (χ0n) is 13.6. The van der Waals surface area contributed by atoms with Crippen LogP contribution in [0.15, 0.2) is 47.4 Å². The lowest BCUT2D eigenvalue weighted by molar-refractivity contribution is -0.0332. The Bertz CT molecular complexity index is 983. The van der Waals surface area contributed by atoms with Crippen LogP contribution in [0, 0.1) is 11.3 Å². The van der Waals surface area contributed by atoms with Gasteiger partial charge in [0.1, 0.15) is 0 Å². The molecule has 7 heteroatoms. The Kier molecular flexibility index (Phi) is 4.06. The minimum atomic E-state index is -0.109. The van der Waals surface area contributed by atoms with Crippen LogP contribution in [0.1, 0.15) is 22.9 Å². The van der Waals surface area contributed by atoms with Gasteiger partial charge in [-0.1, -0.05) is 12.1 Å². The molecule has 126 valence electrons. The first-order chi connectivity index (χ1) is 12.2. The molecule has 0 saturated carbocycles. The van der Waals surface area contributed by atoms with E-state index in [2.05, 4.69) is 21.1 Å². The van der Waals surface area contributed by atoms with Crippen LogP contribution in [0.2, 0.25) is 0 Å². The van der Waals surface area contributed by atoms with Crippen LogP contribution in [-0.4, -0.2) is 39.2 Å². The van der Waals surface area contributed by atoms with Crippen molar-refractivity contribution in [3.8, 4) is 6.07 Å². The number of aromatic amines is 1. The van der Waals surface area contributed by atoms with Crippen molar-refractivity contribution in [2.24, 2.45) is 0 Å². The Labute approximate surface area is 144 Å². The second-order valence-corrected chi connectivity index (χ2v) is 6.07. The van der Waals surface area contributed by atoms with Crippen molar-refractivity contribution in [1.82, 2.24) is 19.5 Å². The van der Waals surface area contributed by atoms with Crippen LogP contribution in [0.4, 0.5) is 0 Å². The number of ether oxygens (including phenoxy) is 1. The first-order valence-electron chi connectivity index (χ1n) is 8.13. The Hall–Kier alpha value is -2.95. The fourth-order valence-corrected chi connectivity index (χ4v) is 3.11. The van der Waals surface area contributed by atoms with E-state index in [0.717, 1.165) is 24.3 Å². The molecule has 25 heavy (non-hydrogen) atoms. The van der Waals surface area contributed by atoms with Gasteiger partial charge in [-0.15, -0.1) is 0 Å². The van der Waals surface area contributed by atoms with Crippen LogP contribution < -0.4 is 5.56 Å². The molecular formula is C18H17N5O2. The maximum absolute atomic E-state index is 12.1. The van der Waals surface area contributed by atoms with Crippen LogP contribution >= 0.6 is 0 Å². The molecule has 1 aliphatic rings. The molecule has 1 aliphatic heterocycles. The molecule has 3 aromatic rings. The molecule has 1 atom stereocenters. The highest BCUT2D eigenvalue weighted by molar-refractivity contribution is 5.36. The largest absolute Gasteiger partial charge is 0.371 e. The highest BCUT2D eigenvalue weighted by atomic mass is 16.5. The van der Waals surface area contributed by atoms with Crippen molar-refractivity contribution < 1.29 is 4.74 Å². The Morgan fingerprint density at radius 2 is 2.16 bits per heavy atom. The average molecular weight is 335 g/mol. The van der Waals surface area contributed by atoms with E-state index in [-0.39, 0.29) is 11.7 Å². The number of nitriles is 1. The summed E-state index contributed by atoms with van der Waals surface area (Å²) in [5.41, 5.74) is 2.96. The molecule has 0 bridgehead atoms. The number of nitrogens with zero attached hydrogens (tertiary/aromatic N) is 4. The van der Waals surface area contributed by atoms with Gasteiger partial charge < -0.3 is 4.74 Å². The zero-order chi connectivity index (χ0) is 17.2. The third-order valence-corrected chi connectivity index (χ3v) is 4.38. The molecule has 4 rings (SSSR count). The summed E-state index contributed by atoms with van der Waals surface area (Å²) in [5, 5.41) is 11.7. The van der Waals surface area contributed by atoms with E-state index in [4.69, 9.17) is 10.00 Å². The van der Waals surface area contributed by atoms with E-state index in [9.17, 15) is 4.79 Å². The van der Waals surface area contributed by atoms with E-state index in [1.807, 2.05) is 12.1 Å². The third kappa shape index (κ3) is 3.18. The number of morpholine rings is 1. The smallest absolute Gasteiger partial charge is 0.272 e. The van der Waals surface area contributed by atoms with Gasteiger partial charge in [0.05, 0.1) is 30.0 Å². The number of aromatic nitrogens is 3. The number of H-pyrrole nitrogens is 1. The van der Waals surface area contributed by atoms with Crippen molar-refractivity contribution in [3.63, 3.8) is 0 Å². The van der Waals surface area contributed by atoms with Gasteiger partial charge in [-0.2, -0.15) is 5.26 Å². The Balaban J connectivity index is 1.50. The van der Waals surface area contributed by atoms with Crippen LogP contribution in [-0.2, 0) is 11.3 Å². The molecule has 2 aromatic heterocycles. The molecule has 0 radical (unpaired) electrons. The van der Waals surface area contributed by atoms with Gasteiger partial charge in [-0.3, -0.25) is 14.8 Å². The topological polar surface area (TPSA) is 86.4 Å². The fourth-order valence-electron chi connectivity index (χ4n) is 3.11. The number of hydrogen-bond acceptors (Lipinski definition) is 5. The molecule has 0 aliphatic carbocycles. The van der Waals surface area contributed by atoms with Crippen LogP contribution in [0.25, 0.3) is 5.65 Å². The van der Waals surface area contributed by atoms with Crippen LogP contribution in [0.3, 0.4) is 0 Å². The second-order valence-electron chi connectivity index (χ2n) is 6.07. The minimum absolute atomic E-state index is 0.0430. The van der Waals surface area contributed by atoms with Crippen LogP contribution in [0.5, 0.6) is 0 Å². The summed E-state index contributed by atoms with van der Waals surface area (Å²) in [6.07, 6.45) is 1.65. The minimum Gasteiger partial charge on any atom is -0.371 e. The van der Waals surface area contributed by atoms with Gasteiger partial charge in [-0.05, 0) is 17.7 Å². The van der Waals surface area contributed by atoms with Crippen molar-refractivity contribution in [2.75, 3.05) is 19.7 Å². The quantitative estimate of drug-likeness (QED) is 0.783. The Morgan fingerprint density at radius 1 is 1.32 bits per heavy atom. The lowest BCUT2D eigenvalue weighted by atomic mass is 10.1. The average Bonchev–Trinajstić information content (AvgIpc) is 3.11. The van der Waals surface area contributed by atoms with Gasteiger partial charge in [0.15, 0.2) is 5.65 Å². The maximum atomic E-state index is 12.1. The van der Waals surface area contributed by atoms with Gasteiger partial charge in [0, 0.05) is 38.0 Å². The van der Waals surface area contributed by atoms with E-state index in [1.165, 1.54) is 4.52 Å². The molecule has 0 spiro atoms. The molecule has 1 saturated heterocycles. The van der Waals surface area contributed by atoms with Crippen molar-refractivity contribution in [1.29, 1.82) is 5.26 Å². The fraction of sp³-hybridized carbons (Fsp3) is 0.278. The van der Waals surface area contributed by atoms with E-state index < -0.39 is 0 Å². The zero-order valence-corrected chi connectivity index (χ0v) is 13.6. The molecule has 1 fully saturated rings. The highest BCUT2D eigenvalue weighted by Crippen LogP contribution is 2.23. The van der Waals surface area contributed by atoms with Crippen molar-refractivity contribution in [2.45, 2.75) is 12.6 Å². The maximum Gasteiger partial charge on any atom is 0.272 e. The second kappa shape index (κ2) is 6.51. The Morgan fingerprint density at radius 3 is 2.96 bits per heavy atom. The molecule has 7 nitrogen and oxygen atoms in total. The van der Waals surface area contributed by atoms with Gasteiger partial charge in [0.2, 0.25) is 0 Å². The predicted molar refractivity (Wildman–Crippen MR) is 90.9 cm³/mol. The van der Waals surface area contributed by atoms with Crippen molar-refractivity contribution >= 4 is 5.65 Å². The number of benzene rings is 1. The lowest BCUT2D eigenvalue weighted by Crippen LogP contribution is -2.38. The number of hydrogen-bond donors (Lipinski definition) is 1. The van der Waals surface area contributed by atoms with Crippen molar-refractivity contribution in [3.05, 3.63) is 69.8 Å². The molecule has 3 heterocycles. The predicted octanol–water partition coefficient (Wildman–Crippen LogP) is 1.47. The first kappa shape index (κ1) is 15.6. The van der Waals surface area contributed by atoms with E-state index in [0.29, 0.717) is 24.4 Å². The molecule has 1 N–H and O–H groups in total. The third-order valence-electron chi connectivity index (χ3n) is 4.38.